The van der Waals surface area contributed by atoms with Gasteiger partial charge >= 0.3 is 0 Å². The van der Waals surface area contributed by atoms with Crippen LogP contribution in [0.15, 0.2) is 48.7 Å². The number of para-hydroxylation sites is 1. The molecule has 3 rings (SSSR count). The van der Waals surface area contributed by atoms with Crippen LogP contribution in [0.3, 0.4) is 0 Å². The van der Waals surface area contributed by atoms with Crippen LogP contribution in [0.2, 0.25) is 10.0 Å². The number of aromatic nitrogens is 1. The average Bonchev–Trinajstić information content (AvgIpc) is 2.89. The smallest absolute Gasteiger partial charge is 0.0491 e. The molecule has 2 nitrogen and oxygen atoms in total. The van der Waals surface area contributed by atoms with Crippen molar-refractivity contribution in [2.75, 3.05) is 6.54 Å². The fourth-order valence-corrected chi connectivity index (χ4v) is 3.30. The Balaban J connectivity index is 0.00000208. The molecule has 1 aromatic heterocycles. The minimum Gasteiger partial charge on any atom is -0.343 e. The van der Waals surface area contributed by atoms with Crippen LogP contribution in [-0.4, -0.2) is 11.1 Å². The van der Waals surface area contributed by atoms with E-state index in [1.54, 1.807) is 6.07 Å². The lowest BCUT2D eigenvalue weighted by Gasteiger charge is -2.08. The molecule has 3 aromatic rings. The van der Waals surface area contributed by atoms with Crippen LogP contribution in [0.25, 0.3) is 10.9 Å². The summed E-state index contributed by atoms with van der Waals surface area (Å²) in [4.78, 5) is 0. The van der Waals surface area contributed by atoms with Gasteiger partial charge in [0.15, 0.2) is 0 Å². The van der Waals surface area contributed by atoms with E-state index in [0.29, 0.717) is 10.0 Å². The number of fused-ring (bicyclic) bond motifs is 1. The van der Waals surface area contributed by atoms with Crippen molar-refractivity contribution in [2.45, 2.75) is 26.4 Å². The van der Waals surface area contributed by atoms with Crippen LogP contribution >= 0.6 is 35.6 Å². The minimum atomic E-state index is 0. The van der Waals surface area contributed by atoms with Crippen molar-refractivity contribution in [3.05, 3.63) is 69.8 Å². The number of halogens is 3. The van der Waals surface area contributed by atoms with Gasteiger partial charge in [-0.1, -0.05) is 54.4 Å². The molecule has 0 fully saturated rings. The van der Waals surface area contributed by atoms with Crippen molar-refractivity contribution >= 4 is 46.5 Å². The molecule has 0 aliphatic rings. The molecule has 5 heteroatoms. The molecule has 0 radical (unpaired) electrons. The molecule has 0 amide bonds. The lowest BCUT2D eigenvalue weighted by Crippen LogP contribution is -2.13. The van der Waals surface area contributed by atoms with Gasteiger partial charge in [0, 0.05) is 40.2 Å². The molecular formula is C19H21Cl3N2. The highest BCUT2D eigenvalue weighted by Crippen LogP contribution is 2.26. The van der Waals surface area contributed by atoms with Crippen molar-refractivity contribution in [1.82, 2.24) is 9.88 Å². The third-order valence-corrected chi connectivity index (χ3v) is 4.56. The second-order valence-corrected chi connectivity index (χ2v) is 6.56. The van der Waals surface area contributed by atoms with E-state index in [1.807, 2.05) is 12.1 Å². The normalized spacial score (nSPS) is 10.8. The lowest BCUT2D eigenvalue weighted by molar-refractivity contribution is 0.675. The minimum absolute atomic E-state index is 0. The molecule has 24 heavy (non-hydrogen) atoms. The number of hydrogen-bond acceptors (Lipinski definition) is 1. The summed E-state index contributed by atoms with van der Waals surface area (Å²) in [6.07, 6.45) is 3.36. The Bertz CT molecular complexity index is 811. The van der Waals surface area contributed by atoms with Gasteiger partial charge in [0.1, 0.15) is 0 Å². The zero-order valence-corrected chi connectivity index (χ0v) is 15.9. The van der Waals surface area contributed by atoms with E-state index in [4.69, 9.17) is 23.2 Å². The van der Waals surface area contributed by atoms with Crippen LogP contribution in [0.4, 0.5) is 0 Å². The van der Waals surface area contributed by atoms with Crippen LogP contribution in [0.1, 0.15) is 24.5 Å². The third-order valence-electron chi connectivity index (χ3n) is 3.97. The maximum atomic E-state index is 6.33. The molecule has 128 valence electrons. The van der Waals surface area contributed by atoms with Crippen LogP contribution < -0.4 is 5.32 Å². The van der Waals surface area contributed by atoms with Gasteiger partial charge in [-0.3, -0.25) is 0 Å². The maximum Gasteiger partial charge on any atom is 0.0491 e. The van der Waals surface area contributed by atoms with E-state index in [1.165, 1.54) is 16.5 Å². The molecule has 0 unspecified atom stereocenters. The molecule has 0 spiro atoms. The maximum absolute atomic E-state index is 6.33. The molecular weight excluding hydrogens is 363 g/mol. The van der Waals surface area contributed by atoms with Crippen LogP contribution in [-0.2, 0) is 13.1 Å². The van der Waals surface area contributed by atoms with Crippen LogP contribution in [0, 0.1) is 0 Å². The molecule has 0 saturated carbocycles. The highest BCUT2D eigenvalue weighted by molar-refractivity contribution is 6.35. The van der Waals surface area contributed by atoms with Gasteiger partial charge in [-0.2, -0.15) is 0 Å². The standard InChI is InChI=1S/C19H20Cl2N2.ClH/c1-2-9-22-11-15-13-23(19-6-4-3-5-17(15)19)12-14-7-8-16(20)10-18(14)21;/h3-8,10,13,22H,2,9,11-12H2,1H3;1H. The zero-order chi connectivity index (χ0) is 16.2. The lowest BCUT2D eigenvalue weighted by atomic mass is 10.2. The van der Waals surface area contributed by atoms with Crippen molar-refractivity contribution < 1.29 is 0 Å². The summed E-state index contributed by atoms with van der Waals surface area (Å²) in [6, 6.07) is 14.2. The molecule has 0 saturated heterocycles. The van der Waals surface area contributed by atoms with Gasteiger partial charge in [0.2, 0.25) is 0 Å². The Morgan fingerprint density at radius 2 is 1.83 bits per heavy atom. The first-order valence-corrected chi connectivity index (χ1v) is 8.66. The Labute approximate surface area is 159 Å². The van der Waals surface area contributed by atoms with E-state index in [0.717, 1.165) is 31.6 Å². The second-order valence-electron chi connectivity index (χ2n) is 5.71. The molecule has 1 N–H and O–H groups in total. The topological polar surface area (TPSA) is 17.0 Å². The monoisotopic (exact) mass is 382 g/mol. The van der Waals surface area contributed by atoms with Gasteiger partial charge in [-0.25, -0.2) is 0 Å². The molecule has 0 bridgehead atoms. The predicted octanol–water partition coefficient (Wildman–Crippen LogP) is 5.92. The average molecular weight is 384 g/mol. The highest BCUT2D eigenvalue weighted by atomic mass is 35.5. The summed E-state index contributed by atoms with van der Waals surface area (Å²) in [5.41, 5.74) is 3.62. The summed E-state index contributed by atoms with van der Waals surface area (Å²) in [5, 5.41) is 6.15. The number of nitrogens with one attached hydrogen (secondary N) is 1. The first kappa shape index (κ1) is 19.1. The van der Waals surface area contributed by atoms with E-state index >= 15 is 0 Å². The van der Waals surface area contributed by atoms with Gasteiger partial charge < -0.3 is 9.88 Å². The van der Waals surface area contributed by atoms with Crippen molar-refractivity contribution in [3.8, 4) is 0 Å². The fraction of sp³-hybridized carbons (Fsp3) is 0.263. The molecule has 1 heterocycles. The van der Waals surface area contributed by atoms with Crippen molar-refractivity contribution in [3.63, 3.8) is 0 Å². The fourth-order valence-electron chi connectivity index (χ4n) is 2.83. The summed E-state index contributed by atoms with van der Waals surface area (Å²) < 4.78 is 2.26. The van der Waals surface area contributed by atoms with E-state index in [9.17, 15) is 0 Å². The predicted molar refractivity (Wildman–Crippen MR) is 107 cm³/mol. The summed E-state index contributed by atoms with van der Waals surface area (Å²) in [6.45, 7) is 4.83. The highest BCUT2D eigenvalue weighted by Gasteiger charge is 2.09. The van der Waals surface area contributed by atoms with Gasteiger partial charge in [0.05, 0.1) is 0 Å². The van der Waals surface area contributed by atoms with Crippen molar-refractivity contribution in [1.29, 1.82) is 0 Å². The Morgan fingerprint density at radius 3 is 2.58 bits per heavy atom. The van der Waals surface area contributed by atoms with E-state index in [2.05, 4.69) is 47.3 Å². The van der Waals surface area contributed by atoms with Gasteiger partial charge in [0.25, 0.3) is 0 Å². The molecule has 2 aromatic carbocycles. The van der Waals surface area contributed by atoms with Gasteiger partial charge in [-0.15, -0.1) is 12.4 Å². The largest absolute Gasteiger partial charge is 0.343 e. The quantitative estimate of drug-likeness (QED) is 0.523. The van der Waals surface area contributed by atoms with Crippen molar-refractivity contribution in [2.24, 2.45) is 0 Å². The Hall–Kier alpha value is -1.19. The molecule has 0 aliphatic carbocycles. The summed E-state index contributed by atoms with van der Waals surface area (Å²) >= 11 is 12.3. The first-order valence-electron chi connectivity index (χ1n) is 7.90. The van der Waals surface area contributed by atoms with E-state index < -0.39 is 0 Å². The Morgan fingerprint density at radius 1 is 1.04 bits per heavy atom. The number of rotatable bonds is 6. The number of hydrogen-bond donors (Lipinski definition) is 1. The summed E-state index contributed by atoms with van der Waals surface area (Å²) in [5.74, 6) is 0. The third kappa shape index (κ3) is 4.25. The zero-order valence-electron chi connectivity index (χ0n) is 13.6. The Kier molecular flexibility index (Phi) is 7.00. The number of nitrogens with zero attached hydrogens (tertiary/aromatic N) is 1. The molecule has 0 aliphatic heterocycles. The summed E-state index contributed by atoms with van der Waals surface area (Å²) in [7, 11) is 0. The molecule has 0 atom stereocenters. The SMILES string of the molecule is CCCNCc1cn(Cc2ccc(Cl)cc2Cl)c2ccccc12.Cl. The van der Waals surface area contributed by atoms with E-state index in [-0.39, 0.29) is 12.4 Å². The number of benzene rings is 2. The second kappa shape index (κ2) is 8.77. The van der Waals surface area contributed by atoms with Crippen LogP contribution in [0.5, 0.6) is 0 Å². The first-order chi connectivity index (χ1) is 11.2. The van der Waals surface area contributed by atoms with Gasteiger partial charge in [-0.05, 0) is 42.3 Å².